The number of piperazine rings is 1. The van der Waals surface area contributed by atoms with Crippen LogP contribution in [0, 0.1) is 6.92 Å². The summed E-state index contributed by atoms with van der Waals surface area (Å²) in [6.45, 7) is 6.42. The summed E-state index contributed by atoms with van der Waals surface area (Å²) in [5.41, 5.74) is 3.91. The van der Waals surface area contributed by atoms with Crippen LogP contribution in [-0.2, 0) is 6.42 Å². The largest absolute Gasteiger partial charge is 0.346 e. The van der Waals surface area contributed by atoms with Gasteiger partial charge in [0.1, 0.15) is 0 Å². The summed E-state index contributed by atoms with van der Waals surface area (Å²) in [6.07, 6.45) is 0.940. The fourth-order valence-corrected chi connectivity index (χ4v) is 3.26. The van der Waals surface area contributed by atoms with Gasteiger partial charge in [-0.05, 0) is 18.1 Å². The van der Waals surface area contributed by atoms with Gasteiger partial charge in [-0.2, -0.15) is 0 Å². The Balaban J connectivity index is 1.73. The molecule has 4 heteroatoms. The normalized spacial score (nSPS) is 15.7. The van der Waals surface area contributed by atoms with Crippen LogP contribution in [0.2, 0.25) is 0 Å². The quantitative estimate of drug-likeness (QED) is 0.931. The molecule has 0 unspecified atom stereocenters. The Morgan fingerprint density at radius 3 is 2.84 bits per heavy atom. The van der Waals surface area contributed by atoms with Crippen LogP contribution >= 0.6 is 11.3 Å². The van der Waals surface area contributed by atoms with Gasteiger partial charge in [-0.25, -0.2) is 4.98 Å². The first-order valence-electron chi connectivity index (χ1n) is 6.77. The number of thiazole rings is 1. The third kappa shape index (κ3) is 2.96. The fourth-order valence-electron chi connectivity index (χ4n) is 2.38. The number of aromatic nitrogens is 1. The third-order valence-corrected chi connectivity index (χ3v) is 4.51. The number of anilines is 1. The van der Waals surface area contributed by atoms with Crippen molar-refractivity contribution in [2.24, 2.45) is 0 Å². The average Bonchev–Trinajstić information content (AvgIpc) is 2.91. The SMILES string of the molecule is Cc1ccccc1Cc1csc(N2CCNCC2)n1. The van der Waals surface area contributed by atoms with Crippen LogP contribution in [0.4, 0.5) is 5.13 Å². The maximum atomic E-state index is 4.79. The highest BCUT2D eigenvalue weighted by Crippen LogP contribution is 2.23. The van der Waals surface area contributed by atoms with Gasteiger partial charge in [-0.1, -0.05) is 24.3 Å². The summed E-state index contributed by atoms with van der Waals surface area (Å²) in [5, 5.41) is 6.74. The molecule has 1 aromatic carbocycles. The lowest BCUT2D eigenvalue weighted by molar-refractivity contribution is 0.588. The predicted molar refractivity (Wildman–Crippen MR) is 81.2 cm³/mol. The van der Waals surface area contributed by atoms with Crippen molar-refractivity contribution in [2.75, 3.05) is 31.1 Å². The van der Waals surface area contributed by atoms with E-state index >= 15 is 0 Å². The molecule has 0 atom stereocenters. The van der Waals surface area contributed by atoms with E-state index < -0.39 is 0 Å². The topological polar surface area (TPSA) is 28.2 Å². The van der Waals surface area contributed by atoms with Gasteiger partial charge in [0, 0.05) is 38.0 Å². The van der Waals surface area contributed by atoms with Gasteiger partial charge in [-0.3, -0.25) is 0 Å². The first-order valence-corrected chi connectivity index (χ1v) is 7.65. The minimum absolute atomic E-state index is 0.940. The van der Waals surface area contributed by atoms with Crippen molar-refractivity contribution in [1.29, 1.82) is 0 Å². The van der Waals surface area contributed by atoms with Crippen molar-refractivity contribution in [3.05, 3.63) is 46.5 Å². The van der Waals surface area contributed by atoms with Gasteiger partial charge in [0.25, 0.3) is 0 Å². The van der Waals surface area contributed by atoms with Crippen molar-refractivity contribution >= 4 is 16.5 Å². The van der Waals surface area contributed by atoms with Gasteiger partial charge >= 0.3 is 0 Å². The number of hydrogen-bond donors (Lipinski definition) is 1. The Labute approximate surface area is 118 Å². The summed E-state index contributed by atoms with van der Waals surface area (Å²) in [6, 6.07) is 8.55. The second-order valence-electron chi connectivity index (χ2n) is 4.96. The molecule has 19 heavy (non-hydrogen) atoms. The first kappa shape index (κ1) is 12.6. The first-order chi connectivity index (χ1) is 9.33. The van der Waals surface area contributed by atoms with Crippen LogP contribution in [-0.4, -0.2) is 31.2 Å². The predicted octanol–water partition coefficient (Wildman–Crippen LogP) is 2.45. The molecule has 0 spiro atoms. The van der Waals surface area contributed by atoms with E-state index in [4.69, 9.17) is 4.98 Å². The number of nitrogens with zero attached hydrogens (tertiary/aromatic N) is 2. The van der Waals surface area contributed by atoms with Crippen LogP contribution in [0.1, 0.15) is 16.8 Å². The summed E-state index contributed by atoms with van der Waals surface area (Å²) >= 11 is 1.77. The Bertz CT molecular complexity index is 544. The highest BCUT2D eigenvalue weighted by Gasteiger charge is 2.14. The van der Waals surface area contributed by atoms with Gasteiger partial charge in [0.05, 0.1) is 5.69 Å². The highest BCUT2D eigenvalue weighted by molar-refractivity contribution is 7.13. The summed E-state index contributed by atoms with van der Waals surface area (Å²) < 4.78 is 0. The molecule has 1 aliphatic rings. The van der Waals surface area contributed by atoms with Crippen LogP contribution in [0.15, 0.2) is 29.6 Å². The van der Waals surface area contributed by atoms with E-state index in [1.807, 2.05) is 0 Å². The molecule has 1 aromatic heterocycles. The summed E-state index contributed by atoms with van der Waals surface area (Å²) in [4.78, 5) is 7.16. The van der Waals surface area contributed by atoms with Gasteiger partial charge in [0.2, 0.25) is 0 Å². The molecule has 1 saturated heterocycles. The third-order valence-electron chi connectivity index (χ3n) is 3.56. The molecule has 0 bridgehead atoms. The Hall–Kier alpha value is -1.39. The van der Waals surface area contributed by atoms with Crippen molar-refractivity contribution in [1.82, 2.24) is 10.3 Å². The second-order valence-corrected chi connectivity index (χ2v) is 5.80. The average molecular weight is 273 g/mol. The molecule has 0 radical (unpaired) electrons. The van der Waals surface area contributed by atoms with E-state index in [-0.39, 0.29) is 0 Å². The van der Waals surface area contributed by atoms with Crippen LogP contribution in [0.3, 0.4) is 0 Å². The number of rotatable bonds is 3. The highest BCUT2D eigenvalue weighted by atomic mass is 32.1. The smallest absolute Gasteiger partial charge is 0.185 e. The Morgan fingerprint density at radius 1 is 1.26 bits per heavy atom. The maximum absolute atomic E-state index is 4.79. The number of benzene rings is 1. The molecule has 2 aromatic rings. The van der Waals surface area contributed by atoms with E-state index in [2.05, 4.69) is 46.8 Å². The lowest BCUT2D eigenvalue weighted by Crippen LogP contribution is -2.43. The zero-order chi connectivity index (χ0) is 13.1. The molecule has 3 rings (SSSR count). The van der Waals surface area contributed by atoms with E-state index in [1.54, 1.807) is 11.3 Å². The van der Waals surface area contributed by atoms with Crippen LogP contribution in [0.5, 0.6) is 0 Å². The lowest BCUT2D eigenvalue weighted by atomic mass is 10.1. The Morgan fingerprint density at radius 2 is 2.05 bits per heavy atom. The van der Waals surface area contributed by atoms with Crippen molar-refractivity contribution in [3.8, 4) is 0 Å². The van der Waals surface area contributed by atoms with Crippen molar-refractivity contribution in [2.45, 2.75) is 13.3 Å². The molecular weight excluding hydrogens is 254 g/mol. The van der Waals surface area contributed by atoms with Crippen LogP contribution < -0.4 is 10.2 Å². The molecule has 0 amide bonds. The van der Waals surface area contributed by atoms with Gasteiger partial charge < -0.3 is 10.2 Å². The minimum atomic E-state index is 0.940. The zero-order valence-corrected chi connectivity index (χ0v) is 12.0. The zero-order valence-electron chi connectivity index (χ0n) is 11.2. The molecule has 1 fully saturated rings. The number of aryl methyl sites for hydroxylation is 1. The van der Waals surface area contributed by atoms with Gasteiger partial charge in [-0.15, -0.1) is 11.3 Å². The standard InChI is InChI=1S/C15H19N3S/c1-12-4-2-3-5-13(12)10-14-11-19-15(17-14)18-8-6-16-7-9-18/h2-5,11,16H,6-10H2,1H3. The molecule has 1 N–H and O–H groups in total. The minimum Gasteiger partial charge on any atom is -0.346 e. The second kappa shape index (κ2) is 5.72. The molecule has 0 aliphatic carbocycles. The van der Waals surface area contributed by atoms with E-state index in [0.717, 1.165) is 32.6 Å². The lowest BCUT2D eigenvalue weighted by Gasteiger charge is -2.26. The number of nitrogens with one attached hydrogen (secondary N) is 1. The molecule has 3 nitrogen and oxygen atoms in total. The molecule has 2 heterocycles. The van der Waals surface area contributed by atoms with Crippen LogP contribution in [0.25, 0.3) is 0 Å². The van der Waals surface area contributed by atoms with Crippen molar-refractivity contribution < 1.29 is 0 Å². The maximum Gasteiger partial charge on any atom is 0.185 e. The number of hydrogen-bond acceptors (Lipinski definition) is 4. The molecule has 100 valence electrons. The van der Waals surface area contributed by atoms with Crippen molar-refractivity contribution in [3.63, 3.8) is 0 Å². The fraction of sp³-hybridized carbons (Fsp3) is 0.400. The Kier molecular flexibility index (Phi) is 3.80. The van der Waals surface area contributed by atoms with E-state index in [0.29, 0.717) is 0 Å². The molecular formula is C15H19N3S. The van der Waals surface area contributed by atoms with E-state index in [9.17, 15) is 0 Å². The van der Waals surface area contributed by atoms with Gasteiger partial charge in [0.15, 0.2) is 5.13 Å². The van der Waals surface area contributed by atoms with E-state index in [1.165, 1.54) is 22.0 Å². The summed E-state index contributed by atoms with van der Waals surface area (Å²) in [7, 11) is 0. The molecule has 0 saturated carbocycles. The monoisotopic (exact) mass is 273 g/mol. The molecule has 1 aliphatic heterocycles. The summed E-state index contributed by atoms with van der Waals surface area (Å²) in [5.74, 6) is 0.